The van der Waals surface area contributed by atoms with E-state index in [0.717, 1.165) is 103 Å². The summed E-state index contributed by atoms with van der Waals surface area (Å²) in [7, 11) is 0. The lowest BCUT2D eigenvalue weighted by molar-refractivity contribution is 0.0696. The largest absolute Gasteiger partial charge is 0.478 e. The Kier molecular flexibility index (Phi) is 8.36. The highest BCUT2D eigenvalue weighted by atomic mass is 16.4. The number of hydrogen-bond donors (Lipinski definition) is 2. The van der Waals surface area contributed by atoms with Crippen molar-refractivity contribution in [3.63, 3.8) is 0 Å². The number of nitrogens with one attached hydrogen (secondary N) is 1. The van der Waals surface area contributed by atoms with Crippen LogP contribution in [0.25, 0.3) is 38.9 Å². The fraction of sp³-hybridized carbons (Fsp3) is 0.237. The summed E-state index contributed by atoms with van der Waals surface area (Å²) in [5.74, 6) is -0.176. The van der Waals surface area contributed by atoms with Gasteiger partial charge in [-0.15, -0.1) is 0 Å². The third kappa shape index (κ3) is 6.36. The number of carboxylic acids is 1. The minimum atomic E-state index is -0.890. The predicted molar refractivity (Wildman–Crippen MR) is 182 cm³/mol. The molecule has 0 spiro atoms. The van der Waals surface area contributed by atoms with Crippen LogP contribution in [0, 0.1) is 0 Å². The molecular weight excluding hydrogens is 558 g/mol. The lowest BCUT2D eigenvalue weighted by Crippen LogP contribution is -2.47. The maximum atomic E-state index is 12.1. The standard InChI is InChI=1S/C38H37N5O2/c44-38(45)35-13-11-32-24-31(10-12-34(32)36(35)29-14-17-39-18-15-29)28-6-8-30(9-7-28)37-40-25-33(26-41-37)43-22-20-42(21-23-43)19-16-27-4-2-1-3-5-27/h1-14,24-26,39H,15-23H2,(H,44,45). The van der Waals surface area contributed by atoms with Gasteiger partial charge >= 0.3 is 5.97 Å². The highest BCUT2D eigenvalue weighted by Crippen LogP contribution is 2.34. The molecule has 0 bridgehead atoms. The maximum Gasteiger partial charge on any atom is 0.336 e. The summed E-state index contributed by atoms with van der Waals surface area (Å²) in [6, 6.07) is 29.0. The summed E-state index contributed by atoms with van der Waals surface area (Å²) < 4.78 is 0. The zero-order chi connectivity index (χ0) is 30.6. The molecule has 45 heavy (non-hydrogen) atoms. The Morgan fingerprint density at radius 3 is 2.27 bits per heavy atom. The number of carboxylic acid groups (broad SMARTS) is 1. The molecular formula is C38H37N5O2. The van der Waals surface area contributed by atoms with Crippen LogP contribution in [0.1, 0.15) is 27.9 Å². The van der Waals surface area contributed by atoms with E-state index in [1.807, 2.05) is 18.5 Å². The highest BCUT2D eigenvalue weighted by molar-refractivity contribution is 6.05. The number of nitrogens with zero attached hydrogens (tertiary/aromatic N) is 4. The van der Waals surface area contributed by atoms with Gasteiger partial charge in [-0.1, -0.05) is 78.9 Å². The van der Waals surface area contributed by atoms with Gasteiger partial charge in [0.25, 0.3) is 0 Å². The van der Waals surface area contributed by atoms with E-state index in [0.29, 0.717) is 11.4 Å². The van der Waals surface area contributed by atoms with Crippen LogP contribution in [0.15, 0.2) is 103 Å². The smallest absolute Gasteiger partial charge is 0.336 e. The number of fused-ring (bicyclic) bond motifs is 1. The maximum absolute atomic E-state index is 12.1. The van der Waals surface area contributed by atoms with Crippen molar-refractivity contribution < 1.29 is 9.90 Å². The summed E-state index contributed by atoms with van der Waals surface area (Å²) in [5.41, 5.74) is 7.91. The predicted octanol–water partition coefficient (Wildman–Crippen LogP) is 6.40. The van der Waals surface area contributed by atoms with Crippen molar-refractivity contribution in [2.45, 2.75) is 12.8 Å². The van der Waals surface area contributed by atoms with Gasteiger partial charge in [-0.05, 0) is 70.1 Å². The Morgan fingerprint density at radius 1 is 0.822 bits per heavy atom. The number of anilines is 1. The zero-order valence-corrected chi connectivity index (χ0v) is 25.3. The van der Waals surface area contributed by atoms with Gasteiger partial charge in [0.15, 0.2) is 5.82 Å². The Morgan fingerprint density at radius 2 is 1.56 bits per heavy atom. The molecule has 1 saturated heterocycles. The summed E-state index contributed by atoms with van der Waals surface area (Å²) >= 11 is 0. The summed E-state index contributed by atoms with van der Waals surface area (Å²) in [6.07, 6.45) is 7.90. The molecule has 0 radical (unpaired) electrons. The molecule has 7 rings (SSSR count). The topological polar surface area (TPSA) is 81.6 Å². The van der Waals surface area contributed by atoms with Gasteiger partial charge in [-0.25, -0.2) is 14.8 Å². The molecule has 2 N–H and O–H groups in total. The van der Waals surface area contributed by atoms with Gasteiger partial charge in [0.05, 0.1) is 23.6 Å². The fourth-order valence-electron chi connectivity index (χ4n) is 6.49. The monoisotopic (exact) mass is 595 g/mol. The minimum Gasteiger partial charge on any atom is -0.478 e. The molecule has 0 atom stereocenters. The first-order valence-corrected chi connectivity index (χ1v) is 15.8. The summed E-state index contributed by atoms with van der Waals surface area (Å²) in [4.78, 5) is 26.4. The Hall–Kier alpha value is -4.85. The SMILES string of the molecule is O=C(O)c1ccc2cc(-c3ccc(-c4ncc(N5CCN(CCc6ccccc6)CC5)cn4)cc3)ccc2c1C1=CCNCC1. The molecule has 1 fully saturated rings. The van der Waals surface area contributed by atoms with E-state index in [-0.39, 0.29) is 0 Å². The van der Waals surface area contributed by atoms with Crippen LogP contribution in [0.4, 0.5) is 5.69 Å². The Labute approximate surface area is 263 Å². The van der Waals surface area contributed by atoms with E-state index in [4.69, 9.17) is 9.97 Å². The molecule has 0 saturated carbocycles. The van der Waals surface area contributed by atoms with E-state index in [1.54, 1.807) is 6.07 Å². The zero-order valence-electron chi connectivity index (χ0n) is 25.3. The van der Waals surface area contributed by atoms with Crippen LogP contribution < -0.4 is 10.2 Å². The lowest BCUT2D eigenvalue weighted by atomic mass is 9.89. The van der Waals surface area contributed by atoms with Crippen molar-refractivity contribution in [3.05, 3.63) is 120 Å². The van der Waals surface area contributed by atoms with Crippen molar-refractivity contribution in [3.8, 4) is 22.5 Å². The normalized spacial score (nSPS) is 15.6. The molecule has 2 aliphatic heterocycles. The number of carbonyl (C=O) groups is 1. The van der Waals surface area contributed by atoms with E-state index in [9.17, 15) is 9.90 Å². The first-order valence-electron chi connectivity index (χ1n) is 15.8. The second kappa shape index (κ2) is 13.0. The van der Waals surface area contributed by atoms with E-state index < -0.39 is 5.97 Å². The van der Waals surface area contributed by atoms with Crippen molar-refractivity contribution in [1.82, 2.24) is 20.2 Å². The number of rotatable bonds is 8. The lowest BCUT2D eigenvalue weighted by Gasteiger charge is -2.35. The molecule has 0 aliphatic carbocycles. The molecule has 1 aromatic heterocycles. The van der Waals surface area contributed by atoms with Gasteiger partial charge in [0.1, 0.15) is 0 Å². The highest BCUT2D eigenvalue weighted by Gasteiger charge is 2.20. The van der Waals surface area contributed by atoms with Gasteiger partial charge in [-0.3, -0.25) is 4.90 Å². The van der Waals surface area contributed by atoms with Crippen molar-refractivity contribution in [2.24, 2.45) is 0 Å². The summed E-state index contributed by atoms with van der Waals surface area (Å²) in [5, 5.41) is 15.2. The third-order valence-corrected chi connectivity index (χ3v) is 9.05. The van der Waals surface area contributed by atoms with E-state index in [1.165, 1.54) is 5.56 Å². The van der Waals surface area contributed by atoms with Crippen LogP contribution in [-0.2, 0) is 6.42 Å². The van der Waals surface area contributed by atoms with Crippen LogP contribution >= 0.6 is 0 Å². The Bertz CT molecular complexity index is 1830. The number of aromatic carboxylic acids is 1. The molecule has 226 valence electrons. The molecule has 0 unspecified atom stereocenters. The van der Waals surface area contributed by atoms with Crippen molar-refractivity contribution in [1.29, 1.82) is 0 Å². The van der Waals surface area contributed by atoms with Crippen molar-refractivity contribution in [2.75, 3.05) is 50.7 Å². The minimum absolute atomic E-state index is 0.361. The number of hydrogen-bond acceptors (Lipinski definition) is 6. The molecule has 5 aromatic rings. The van der Waals surface area contributed by atoms with E-state index in [2.05, 4.69) is 94.0 Å². The summed E-state index contributed by atoms with van der Waals surface area (Å²) in [6.45, 7) is 6.74. The quantitative estimate of drug-likeness (QED) is 0.215. The van der Waals surface area contributed by atoms with Crippen LogP contribution in [0.2, 0.25) is 0 Å². The number of piperazine rings is 1. The van der Waals surface area contributed by atoms with Gasteiger partial charge in [-0.2, -0.15) is 0 Å². The van der Waals surface area contributed by atoms with Gasteiger partial charge < -0.3 is 15.3 Å². The molecule has 4 aromatic carbocycles. The van der Waals surface area contributed by atoms with E-state index >= 15 is 0 Å². The second-order valence-corrected chi connectivity index (χ2v) is 11.8. The Balaban J connectivity index is 1.02. The van der Waals surface area contributed by atoms with Crippen LogP contribution in [-0.4, -0.2) is 71.8 Å². The van der Waals surface area contributed by atoms with Gasteiger partial charge in [0, 0.05) is 44.8 Å². The van der Waals surface area contributed by atoms with Crippen molar-refractivity contribution >= 4 is 28.0 Å². The number of aromatic nitrogens is 2. The van der Waals surface area contributed by atoms with Crippen LogP contribution in [0.5, 0.6) is 0 Å². The third-order valence-electron chi connectivity index (χ3n) is 9.05. The first kappa shape index (κ1) is 28.9. The molecule has 7 heteroatoms. The van der Waals surface area contributed by atoms with Crippen LogP contribution in [0.3, 0.4) is 0 Å². The van der Waals surface area contributed by atoms with Gasteiger partial charge in [0.2, 0.25) is 0 Å². The average molecular weight is 596 g/mol. The first-order chi connectivity index (χ1) is 22.1. The average Bonchev–Trinajstić information content (AvgIpc) is 3.11. The second-order valence-electron chi connectivity index (χ2n) is 11.8. The molecule has 0 amide bonds. The molecule has 3 heterocycles. The molecule has 7 nitrogen and oxygen atoms in total. The number of benzene rings is 4. The molecule has 2 aliphatic rings. The fourth-order valence-corrected chi connectivity index (χ4v) is 6.49.